The van der Waals surface area contributed by atoms with E-state index in [-0.39, 0.29) is 12.8 Å². The third-order valence-electron chi connectivity index (χ3n) is 3.97. The number of aliphatic carboxylic acids is 2. The molecule has 0 radical (unpaired) electrons. The molecular weight excluding hydrogens is 232 g/mol. The van der Waals surface area contributed by atoms with Gasteiger partial charge < -0.3 is 19.8 Å². The van der Waals surface area contributed by atoms with E-state index in [1.54, 1.807) is 13.8 Å². The molecule has 1 unspecified atom stereocenters. The van der Waals surface area contributed by atoms with Crippen LogP contribution in [0.2, 0.25) is 0 Å². The van der Waals surface area contributed by atoms with Gasteiger partial charge in [0, 0.05) is 23.3 Å². The van der Waals surface area contributed by atoms with Crippen LogP contribution in [0.5, 0.6) is 0 Å². The van der Waals surface area contributed by atoms with Crippen molar-refractivity contribution >= 4 is 11.9 Å². The molecule has 0 aliphatic heterocycles. The minimum Gasteiger partial charge on any atom is -0.550 e. The van der Waals surface area contributed by atoms with Crippen LogP contribution in [-0.2, 0) is 9.59 Å². The maximum absolute atomic E-state index is 11.3. The Bertz CT molecular complexity index is 269. The van der Waals surface area contributed by atoms with Gasteiger partial charge in [0.15, 0.2) is 0 Å². The summed E-state index contributed by atoms with van der Waals surface area (Å²) in [6.45, 7) is 5.46. The van der Waals surface area contributed by atoms with Crippen molar-refractivity contribution in [2.45, 2.75) is 65.7 Å². The second-order valence-corrected chi connectivity index (χ2v) is 4.87. The molecule has 106 valence electrons. The summed E-state index contributed by atoms with van der Waals surface area (Å²) in [7, 11) is 0. The quantitative estimate of drug-likeness (QED) is 0.543. The van der Waals surface area contributed by atoms with E-state index in [2.05, 4.69) is 6.92 Å². The van der Waals surface area contributed by atoms with Crippen molar-refractivity contribution in [3.8, 4) is 0 Å². The van der Waals surface area contributed by atoms with Crippen molar-refractivity contribution in [2.75, 3.05) is 0 Å². The highest BCUT2D eigenvalue weighted by atomic mass is 16.4. The lowest BCUT2D eigenvalue weighted by molar-refractivity contribution is -0.336. The summed E-state index contributed by atoms with van der Waals surface area (Å²) in [5.41, 5.74) is -1.29. The Morgan fingerprint density at radius 2 is 1.56 bits per heavy atom. The molecule has 4 nitrogen and oxygen atoms in total. The Labute approximate surface area is 109 Å². The van der Waals surface area contributed by atoms with E-state index in [0.29, 0.717) is 6.42 Å². The highest BCUT2D eigenvalue weighted by molar-refractivity contribution is 5.81. The van der Waals surface area contributed by atoms with E-state index in [9.17, 15) is 19.8 Å². The largest absolute Gasteiger partial charge is 0.550 e. The van der Waals surface area contributed by atoms with Gasteiger partial charge in [-0.2, -0.15) is 0 Å². The van der Waals surface area contributed by atoms with Gasteiger partial charge in [0.1, 0.15) is 0 Å². The van der Waals surface area contributed by atoms with Crippen LogP contribution in [0.3, 0.4) is 0 Å². The first-order chi connectivity index (χ1) is 8.46. The van der Waals surface area contributed by atoms with Crippen LogP contribution < -0.4 is 10.2 Å². The van der Waals surface area contributed by atoms with Crippen molar-refractivity contribution in [3.63, 3.8) is 0 Å². The molecule has 0 aromatic carbocycles. The minimum absolute atomic E-state index is 0.262. The first-order valence-corrected chi connectivity index (χ1v) is 6.88. The first-order valence-electron chi connectivity index (χ1n) is 6.88. The maximum atomic E-state index is 11.3. The standard InChI is InChI=1S/C14H26O4/c1-4-7-8-9-10-11(12(15)16)14(5-2,6-3)13(17)18/h11H,4-10H2,1-3H3,(H,15,16)(H,17,18)/p-2. The molecule has 0 rings (SSSR count). The predicted octanol–water partition coefficient (Wildman–Crippen LogP) is 0.879. The van der Waals surface area contributed by atoms with Gasteiger partial charge >= 0.3 is 0 Å². The second kappa shape index (κ2) is 8.11. The fourth-order valence-corrected chi connectivity index (χ4v) is 2.57. The Balaban J connectivity index is 4.83. The summed E-state index contributed by atoms with van der Waals surface area (Å²) in [4.78, 5) is 22.5. The summed E-state index contributed by atoms with van der Waals surface area (Å²) in [5, 5.41) is 22.5. The lowest BCUT2D eigenvalue weighted by Crippen LogP contribution is -2.52. The third kappa shape index (κ3) is 4.00. The zero-order valence-electron chi connectivity index (χ0n) is 11.7. The van der Waals surface area contributed by atoms with Crippen molar-refractivity contribution in [1.29, 1.82) is 0 Å². The molecule has 0 heterocycles. The fraction of sp³-hybridized carbons (Fsp3) is 0.857. The summed E-state index contributed by atoms with van der Waals surface area (Å²) in [5.74, 6) is -3.48. The van der Waals surface area contributed by atoms with Crippen molar-refractivity contribution in [1.82, 2.24) is 0 Å². The SMILES string of the molecule is CCCCCCC(C(=O)[O-])C(CC)(CC)C(=O)[O-]. The van der Waals surface area contributed by atoms with Gasteiger partial charge in [-0.25, -0.2) is 0 Å². The smallest absolute Gasteiger partial charge is 0.0482 e. The molecule has 0 aliphatic rings. The molecule has 4 heteroatoms. The minimum atomic E-state index is -1.29. The molecule has 0 aromatic heterocycles. The van der Waals surface area contributed by atoms with Crippen LogP contribution in [0.15, 0.2) is 0 Å². The maximum Gasteiger partial charge on any atom is 0.0482 e. The van der Waals surface area contributed by atoms with Crippen molar-refractivity contribution in [2.24, 2.45) is 11.3 Å². The van der Waals surface area contributed by atoms with E-state index in [0.717, 1.165) is 25.7 Å². The van der Waals surface area contributed by atoms with Gasteiger partial charge in [-0.05, 0) is 19.3 Å². The monoisotopic (exact) mass is 256 g/mol. The van der Waals surface area contributed by atoms with Gasteiger partial charge in [0.05, 0.1) is 0 Å². The summed E-state index contributed by atoms with van der Waals surface area (Å²) < 4.78 is 0. The Hall–Kier alpha value is -1.06. The van der Waals surface area contributed by atoms with Crippen LogP contribution in [0.4, 0.5) is 0 Å². The average Bonchev–Trinajstić information content (AvgIpc) is 2.33. The Morgan fingerprint density at radius 1 is 1.00 bits per heavy atom. The molecular formula is C14H24O4-2. The number of unbranched alkanes of at least 4 members (excludes halogenated alkanes) is 3. The van der Waals surface area contributed by atoms with E-state index in [1.165, 1.54) is 0 Å². The van der Waals surface area contributed by atoms with E-state index >= 15 is 0 Å². The first kappa shape index (κ1) is 16.9. The molecule has 0 aliphatic carbocycles. The molecule has 0 fully saturated rings. The molecule has 0 saturated heterocycles. The molecule has 0 aromatic rings. The summed E-state index contributed by atoms with van der Waals surface area (Å²) in [6.07, 6.45) is 4.63. The molecule has 0 spiro atoms. The highest BCUT2D eigenvalue weighted by Gasteiger charge is 2.37. The van der Waals surface area contributed by atoms with E-state index in [1.807, 2.05) is 0 Å². The van der Waals surface area contributed by atoms with E-state index < -0.39 is 23.3 Å². The van der Waals surface area contributed by atoms with Gasteiger partial charge in [0.2, 0.25) is 0 Å². The van der Waals surface area contributed by atoms with Gasteiger partial charge in [-0.3, -0.25) is 0 Å². The molecule has 0 saturated carbocycles. The topological polar surface area (TPSA) is 80.3 Å². The number of hydrogen-bond acceptors (Lipinski definition) is 4. The zero-order valence-corrected chi connectivity index (χ0v) is 11.7. The third-order valence-corrected chi connectivity index (χ3v) is 3.97. The fourth-order valence-electron chi connectivity index (χ4n) is 2.57. The van der Waals surface area contributed by atoms with Gasteiger partial charge in [-0.1, -0.05) is 46.5 Å². The van der Waals surface area contributed by atoms with Crippen LogP contribution in [0, 0.1) is 11.3 Å². The van der Waals surface area contributed by atoms with Crippen LogP contribution in [0.25, 0.3) is 0 Å². The van der Waals surface area contributed by atoms with Crippen LogP contribution in [-0.4, -0.2) is 11.9 Å². The predicted molar refractivity (Wildman–Crippen MR) is 65.3 cm³/mol. The number of rotatable bonds is 10. The lowest BCUT2D eigenvalue weighted by atomic mass is 9.69. The normalized spacial score (nSPS) is 13.3. The van der Waals surface area contributed by atoms with Gasteiger partial charge in [-0.15, -0.1) is 0 Å². The number of carboxylic acid groups (broad SMARTS) is 2. The lowest BCUT2D eigenvalue weighted by Gasteiger charge is -2.41. The molecule has 0 N–H and O–H groups in total. The molecule has 18 heavy (non-hydrogen) atoms. The second-order valence-electron chi connectivity index (χ2n) is 4.87. The zero-order chi connectivity index (χ0) is 14.2. The Morgan fingerprint density at radius 3 is 1.89 bits per heavy atom. The number of carbonyl (C=O) groups is 2. The average molecular weight is 256 g/mol. The van der Waals surface area contributed by atoms with Crippen molar-refractivity contribution in [3.05, 3.63) is 0 Å². The van der Waals surface area contributed by atoms with Crippen LogP contribution >= 0.6 is 0 Å². The summed E-state index contributed by atoms with van der Waals surface area (Å²) in [6, 6.07) is 0. The number of hydrogen-bond donors (Lipinski definition) is 0. The van der Waals surface area contributed by atoms with E-state index in [4.69, 9.17) is 0 Å². The van der Waals surface area contributed by atoms with Gasteiger partial charge in [0.25, 0.3) is 0 Å². The number of carbonyl (C=O) groups excluding carboxylic acids is 2. The summed E-state index contributed by atoms with van der Waals surface area (Å²) >= 11 is 0. The van der Waals surface area contributed by atoms with Crippen LogP contribution in [0.1, 0.15) is 65.7 Å². The highest BCUT2D eigenvalue weighted by Crippen LogP contribution is 2.37. The Kier molecular flexibility index (Phi) is 7.64. The molecule has 1 atom stereocenters. The van der Waals surface area contributed by atoms with Crippen molar-refractivity contribution < 1.29 is 19.8 Å². The molecule has 0 bridgehead atoms. The number of carboxylic acids is 2. The molecule has 0 amide bonds.